The Balaban J connectivity index is 1.50. The number of amides is 1. The molecule has 10 nitrogen and oxygen atoms in total. The number of anilines is 1. The summed E-state index contributed by atoms with van der Waals surface area (Å²) in [5, 5.41) is 7.05. The first-order chi connectivity index (χ1) is 27.8. The van der Waals surface area contributed by atoms with Gasteiger partial charge in [-0.2, -0.15) is 5.10 Å². The Morgan fingerprint density at radius 3 is 2.22 bits per heavy atom. The van der Waals surface area contributed by atoms with Crippen molar-refractivity contribution in [3.63, 3.8) is 0 Å². The first kappa shape index (κ1) is 44.3. The summed E-state index contributed by atoms with van der Waals surface area (Å²) < 4.78 is 28.1. The molecule has 1 aliphatic rings. The molecule has 2 aromatic heterocycles. The largest absolute Gasteiger partial charge is 0.496 e. The number of rotatable bonds is 13. The Hall–Kier alpha value is -4.29. The quantitative estimate of drug-likeness (QED) is 0.0661. The predicted octanol–water partition coefficient (Wildman–Crippen LogP) is 11.0. The summed E-state index contributed by atoms with van der Waals surface area (Å²) in [4.78, 5) is 30.5. The third-order valence-corrected chi connectivity index (χ3v) is 17.7. The van der Waals surface area contributed by atoms with E-state index in [1.54, 1.807) is 19.2 Å². The fraction of sp³-hybridized carbons (Fsp3) is 0.457. The van der Waals surface area contributed by atoms with Gasteiger partial charge in [-0.1, -0.05) is 50.0 Å². The lowest BCUT2D eigenvalue weighted by Gasteiger charge is -2.36. The van der Waals surface area contributed by atoms with Gasteiger partial charge in [0.2, 0.25) is 0 Å². The van der Waals surface area contributed by atoms with Crippen molar-refractivity contribution < 1.29 is 28.2 Å². The van der Waals surface area contributed by atoms with E-state index in [9.17, 15) is 4.79 Å². The van der Waals surface area contributed by atoms with Gasteiger partial charge < -0.3 is 28.1 Å². The van der Waals surface area contributed by atoms with Crippen molar-refractivity contribution in [3.8, 4) is 22.6 Å². The standard InChI is InChI=1S/C46H58Cl2N4O6Si/c1-27-23-32(24-28(2)41(27)48)57-21-13-15-33-34-16-17-36(47)40(39-29(3)49-50(8)30(39)4)42(34)52-20-14-19-51(44(53)43(33)52)37-25-31(45(54)56-10)26-38(55-9)35(37)18-22-58-59(11,12)46(5,6)7/h16-17,23-26H,13-15,18-22H2,1-12H3. The number of hydrogen-bond acceptors (Lipinski definition) is 7. The minimum absolute atomic E-state index is 0.0195. The van der Waals surface area contributed by atoms with Gasteiger partial charge in [0.25, 0.3) is 5.91 Å². The van der Waals surface area contributed by atoms with E-state index in [0.29, 0.717) is 79.7 Å². The van der Waals surface area contributed by atoms with Gasteiger partial charge in [0.05, 0.1) is 48.3 Å². The van der Waals surface area contributed by atoms with Crippen molar-refractivity contribution in [2.75, 3.05) is 38.9 Å². The van der Waals surface area contributed by atoms with E-state index in [2.05, 4.69) is 38.4 Å². The molecule has 0 fully saturated rings. The summed E-state index contributed by atoms with van der Waals surface area (Å²) in [6, 6.07) is 11.3. The maximum absolute atomic E-state index is 15.6. The van der Waals surface area contributed by atoms with E-state index in [0.717, 1.165) is 66.4 Å². The number of ether oxygens (including phenoxy) is 3. The molecule has 0 saturated heterocycles. The van der Waals surface area contributed by atoms with E-state index in [1.165, 1.54) is 7.11 Å². The van der Waals surface area contributed by atoms with Gasteiger partial charge in [-0.05, 0) is 112 Å². The number of benzene rings is 3. The maximum Gasteiger partial charge on any atom is 0.338 e. The molecule has 0 N–H and O–H groups in total. The molecule has 0 bridgehead atoms. The zero-order chi connectivity index (χ0) is 43.1. The minimum Gasteiger partial charge on any atom is -0.496 e. The summed E-state index contributed by atoms with van der Waals surface area (Å²) in [5.41, 5.74) is 9.69. The number of methoxy groups -OCH3 is 2. The van der Waals surface area contributed by atoms with Crippen LogP contribution in [-0.2, 0) is 35.6 Å². The summed E-state index contributed by atoms with van der Waals surface area (Å²) >= 11 is 13.6. The Kier molecular flexibility index (Phi) is 13.0. The molecule has 5 aromatic rings. The van der Waals surface area contributed by atoms with Crippen molar-refractivity contribution >= 4 is 60.0 Å². The average molecular weight is 862 g/mol. The average Bonchev–Trinajstić information content (AvgIpc) is 3.55. The summed E-state index contributed by atoms with van der Waals surface area (Å²) in [7, 11) is 2.77. The zero-order valence-corrected chi connectivity index (χ0v) is 39.1. The SMILES string of the molecule is COC(=O)c1cc(OC)c(CCO[Si](C)(C)C(C)(C)C)c(N2CCCn3c(c(CCCOc4cc(C)c(Cl)c(C)c4)c4ccc(Cl)c(-c5c(C)nn(C)c5C)c43)C2=O)c1. The molecule has 0 aliphatic carbocycles. The van der Waals surface area contributed by atoms with E-state index < -0.39 is 14.3 Å². The number of hydrogen-bond donors (Lipinski definition) is 0. The predicted molar refractivity (Wildman–Crippen MR) is 241 cm³/mol. The molecular weight excluding hydrogens is 804 g/mol. The van der Waals surface area contributed by atoms with E-state index in [1.807, 2.05) is 68.6 Å². The minimum atomic E-state index is -2.10. The summed E-state index contributed by atoms with van der Waals surface area (Å²) in [6.45, 7) is 20.9. The molecule has 6 rings (SSSR count). The lowest BCUT2D eigenvalue weighted by atomic mass is 9.98. The van der Waals surface area contributed by atoms with Crippen molar-refractivity contribution in [1.82, 2.24) is 14.3 Å². The van der Waals surface area contributed by atoms with E-state index in [-0.39, 0.29) is 10.9 Å². The van der Waals surface area contributed by atoms with Gasteiger partial charge >= 0.3 is 5.97 Å². The second kappa shape index (κ2) is 17.4. The van der Waals surface area contributed by atoms with Crippen molar-refractivity contribution in [2.24, 2.45) is 7.05 Å². The Bertz CT molecular complexity index is 2410. The number of fused-ring (bicyclic) bond motifs is 3. The number of esters is 1. The second-order valence-corrected chi connectivity index (χ2v) is 22.7. The van der Waals surface area contributed by atoms with Gasteiger partial charge in [0, 0.05) is 66.0 Å². The van der Waals surface area contributed by atoms with Crippen LogP contribution in [0.4, 0.5) is 5.69 Å². The fourth-order valence-electron chi connectivity index (χ4n) is 8.03. The number of nitrogens with zero attached hydrogens (tertiary/aromatic N) is 4. The van der Waals surface area contributed by atoms with Gasteiger partial charge in [-0.15, -0.1) is 0 Å². The number of aryl methyl sites for hydroxylation is 6. The zero-order valence-electron chi connectivity index (χ0n) is 36.6. The molecule has 1 amide bonds. The molecule has 316 valence electrons. The molecule has 3 aromatic carbocycles. The highest BCUT2D eigenvalue weighted by Gasteiger charge is 2.38. The molecule has 0 atom stereocenters. The molecule has 0 spiro atoms. The molecule has 3 heterocycles. The number of carbonyl (C=O) groups excluding carboxylic acids is 2. The molecule has 0 unspecified atom stereocenters. The molecule has 0 radical (unpaired) electrons. The number of carbonyl (C=O) groups is 2. The smallest absolute Gasteiger partial charge is 0.338 e. The highest BCUT2D eigenvalue weighted by molar-refractivity contribution is 6.74. The highest BCUT2D eigenvalue weighted by atomic mass is 35.5. The van der Waals surface area contributed by atoms with Crippen LogP contribution in [0.5, 0.6) is 11.5 Å². The second-order valence-electron chi connectivity index (χ2n) is 17.1. The summed E-state index contributed by atoms with van der Waals surface area (Å²) in [5.74, 6) is 0.573. The lowest BCUT2D eigenvalue weighted by Crippen LogP contribution is -2.41. The molecular formula is C46H58Cl2N4O6Si. The third-order valence-electron chi connectivity index (χ3n) is 12.2. The van der Waals surface area contributed by atoms with Gasteiger partial charge in [0.1, 0.15) is 17.2 Å². The monoisotopic (exact) mass is 860 g/mol. The maximum atomic E-state index is 15.6. The lowest BCUT2D eigenvalue weighted by molar-refractivity contribution is 0.0600. The van der Waals surface area contributed by atoms with Crippen LogP contribution in [0.3, 0.4) is 0 Å². The Morgan fingerprint density at radius 2 is 1.61 bits per heavy atom. The Labute approximate surface area is 359 Å². The van der Waals surface area contributed by atoms with Crippen LogP contribution in [-0.4, -0.2) is 68.5 Å². The first-order valence-corrected chi connectivity index (χ1v) is 24.0. The third kappa shape index (κ3) is 8.53. The normalized spacial score (nSPS) is 13.5. The van der Waals surface area contributed by atoms with Crippen LogP contribution in [0.15, 0.2) is 36.4 Å². The molecule has 13 heteroatoms. The number of halogens is 2. The van der Waals surface area contributed by atoms with Crippen LogP contribution in [0.2, 0.25) is 28.2 Å². The van der Waals surface area contributed by atoms with Crippen LogP contribution >= 0.6 is 23.2 Å². The van der Waals surface area contributed by atoms with Crippen molar-refractivity contribution in [3.05, 3.63) is 91.3 Å². The van der Waals surface area contributed by atoms with Crippen LogP contribution in [0.25, 0.3) is 22.0 Å². The van der Waals surface area contributed by atoms with Crippen LogP contribution in [0, 0.1) is 27.7 Å². The van der Waals surface area contributed by atoms with Gasteiger partial charge in [-0.25, -0.2) is 4.79 Å². The van der Waals surface area contributed by atoms with Crippen molar-refractivity contribution in [1.29, 1.82) is 0 Å². The van der Waals surface area contributed by atoms with E-state index >= 15 is 4.79 Å². The van der Waals surface area contributed by atoms with Crippen LogP contribution in [0.1, 0.15) is 88.1 Å². The van der Waals surface area contributed by atoms with Gasteiger partial charge in [0.15, 0.2) is 8.32 Å². The fourth-order valence-corrected chi connectivity index (χ4v) is 9.43. The summed E-state index contributed by atoms with van der Waals surface area (Å²) in [6.07, 6.45) is 2.33. The first-order valence-electron chi connectivity index (χ1n) is 20.3. The van der Waals surface area contributed by atoms with Crippen LogP contribution < -0.4 is 14.4 Å². The van der Waals surface area contributed by atoms with E-state index in [4.69, 9.17) is 46.9 Å². The van der Waals surface area contributed by atoms with Crippen molar-refractivity contribution in [2.45, 2.75) is 98.8 Å². The highest BCUT2D eigenvalue weighted by Crippen LogP contribution is 2.44. The Morgan fingerprint density at radius 1 is 0.915 bits per heavy atom. The topological polar surface area (TPSA) is 97.1 Å². The van der Waals surface area contributed by atoms with Gasteiger partial charge in [-0.3, -0.25) is 9.48 Å². The molecule has 1 aliphatic heterocycles. The molecule has 59 heavy (non-hydrogen) atoms. The molecule has 0 saturated carbocycles. The number of aromatic nitrogens is 3.